The van der Waals surface area contributed by atoms with Crippen molar-refractivity contribution in [2.45, 2.75) is 32.7 Å². The predicted molar refractivity (Wildman–Crippen MR) is 110 cm³/mol. The number of rotatable bonds is 7. The van der Waals surface area contributed by atoms with Crippen molar-refractivity contribution >= 4 is 0 Å². The summed E-state index contributed by atoms with van der Waals surface area (Å²) in [5.74, 6) is 0.857. The molecular weight excluding hydrogens is 354 g/mol. The first-order chi connectivity index (χ1) is 13.5. The van der Waals surface area contributed by atoms with E-state index in [1.807, 2.05) is 12.1 Å². The summed E-state index contributed by atoms with van der Waals surface area (Å²) in [6.07, 6.45) is 2.96. The Morgan fingerprint density at radius 1 is 1.11 bits per heavy atom. The number of hydrogen-bond donors (Lipinski definition) is 2. The van der Waals surface area contributed by atoms with E-state index in [1.54, 1.807) is 0 Å². The number of aliphatic hydroxyl groups excluding tert-OH is 1. The number of ether oxygens (including phenoxy) is 2. The molecule has 1 saturated heterocycles. The minimum atomic E-state index is -0.130. The average molecular weight is 386 g/mol. The molecule has 1 aliphatic heterocycles. The Labute approximate surface area is 167 Å². The van der Waals surface area contributed by atoms with Crippen LogP contribution in [0.3, 0.4) is 0 Å². The second-order valence-corrected chi connectivity index (χ2v) is 7.92. The lowest BCUT2D eigenvalue weighted by molar-refractivity contribution is 0.0287. The quantitative estimate of drug-likeness (QED) is 0.763. The van der Waals surface area contributed by atoms with Gasteiger partial charge in [-0.1, -0.05) is 24.3 Å². The van der Waals surface area contributed by atoms with Gasteiger partial charge in [-0.2, -0.15) is 0 Å². The van der Waals surface area contributed by atoms with E-state index in [1.165, 1.54) is 25.3 Å². The highest BCUT2D eigenvalue weighted by Gasteiger charge is 2.35. The van der Waals surface area contributed by atoms with Crippen molar-refractivity contribution in [1.29, 1.82) is 0 Å². The highest BCUT2D eigenvalue weighted by atomic mass is 16.5. The Morgan fingerprint density at radius 2 is 1.79 bits per heavy atom. The third kappa shape index (κ3) is 4.42. The minimum Gasteiger partial charge on any atom is -0.502 e. The van der Waals surface area contributed by atoms with Gasteiger partial charge in [-0.05, 0) is 61.6 Å². The monoisotopic (exact) mass is 385 g/mol. The fraction of sp³-hybridized carbons (Fsp3) is 0.478. The molecule has 5 heteroatoms. The van der Waals surface area contributed by atoms with Gasteiger partial charge >= 0.3 is 0 Å². The van der Waals surface area contributed by atoms with Crippen molar-refractivity contribution < 1.29 is 19.7 Å². The normalized spacial score (nSPS) is 20.1. The molecule has 2 aromatic carbocycles. The van der Waals surface area contributed by atoms with Crippen LogP contribution in [0.5, 0.6) is 17.2 Å². The molecule has 0 bridgehead atoms. The third-order valence-corrected chi connectivity index (χ3v) is 5.85. The van der Waals surface area contributed by atoms with E-state index in [4.69, 9.17) is 9.47 Å². The average Bonchev–Trinajstić information content (AvgIpc) is 2.71. The number of aryl methyl sites for hydroxylation is 1. The van der Waals surface area contributed by atoms with Crippen molar-refractivity contribution in [2.24, 2.45) is 5.41 Å². The Morgan fingerprint density at radius 3 is 2.39 bits per heavy atom. The molecule has 152 valence electrons. The summed E-state index contributed by atoms with van der Waals surface area (Å²) in [5, 5.41) is 20.4. The zero-order valence-electron chi connectivity index (χ0n) is 17.1. The standard InChI is InChI=1S/C23H31NO4/c1-17-7-4-5-8-19(17)13-23(16-25)9-6-10-24(15-23)14-18-11-20(27-2)22(26)21(12-18)28-3/h4-5,7-8,11-12,25-26H,6,9-10,13-16H2,1-3H3. The molecule has 0 amide bonds. The van der Waals surface area contributed by atoms with Crippen molar-refractivity contribution in [2.75, 3.05) is 33.9 Å². The molecule has 2 N–H and O–H groups in total. The SMILES string of the molecule is COc1cc(CN2CCCC(CO)(Cc3ccccc3C)C2)cc(OC)c1O. The highest BCUT2D eigenvalue weighted by molar-refractivity contribution is 5.52. The van der Waals surface area contributed by atoms with Crippen molar-refractivity contribution in [3.63, 3.8) is 0 Å². The second kappa shape index (κ2) is 8.84. The number of aliphatic hydroxyl groups is 1. The number of phenolic OH excluding ortho intramolecular Hbond substituents is 1. The fourth-order valence-electron chi connectivity index (χ4n) is 4.28. The van der Waals surface area contributed by atoms with Crippen molar-refractivity contribution in [1.82, 2.24) is 4.90 Å². The van der Waals surface area contributed by atoms with Crippen LogP contribution in [-0.2, 0) is 13.0 Å². The molecule has 28 heavy (non-hydrogen) atoms. The zero-order valence-corrected chi connectivity index (χ0v) is 17.1. The molecule has 1 unspecified atom stereocenters. The molecule has 0 aliphatic carbocycles. The van der Waals surface area contributed by atoms with Gasteiger partial charge in [0, 0.05) is 18.5 Å². The van der Waals surface area contributed by atoms with Crippen LogP contribution < -0.4 is 9.47 Å². The lowest BCUT2D eigenvalue weighted by atomic mass is 9.75. The lowest BCUT2D eigenvalue weighted by Crippen LogP contribution is -2.46. The number of hydrogen-bond acceptors (Lipinski definition) is 5. The molecule has 1 fully saturated rings. The van der Waals surface area contributed by atoms with E-state index < -0.39 is 0 Å². The van der Waals surface area contributed by atoms with E-state index in [-0.39, 0.29) is 17.8 Å². The number of aromatic hydroxyl groups is 1. The van der Waals surface area contributed by atoms with Crippen LogP contribution in [0.1, 0.15) is 29.5 Å². The minimum absolute atomic E-state index is 0.0247. The van der Waals surface area contributed by atoms with Gasteiger partial charge in [0.05, 0.1) is 20.8 Å². The van der Waals surface area contributed by atoms with E-state index >= 15 is 0 Å². The van der Waals surface area contributed by atoms with Crippen LogP contribution in [0, 0.1) is 12.3 Å². The first-order valence-corrected chi connectivity index (χ1v) is 9.82. The van der Waals surface area contributed by atoms with E-state index in [9.17, 15) is 10.2 Å². The van der Waals surface area contributed by atoms with Crippen molar-refractivity contribution in [3.05, 3.63) is 53.1 Å². The summed E-state index contributed by atoms with van der Waals surface area (Å²) in [5.41, 5.74) is 3.48. The molecule has 2 aromatic rings. The van der Waals surface area contributed by atoms with E-state index in [2.05, 4.69) is 36.1 Å². The fourth-order valence-corrected chi connectivity index (χ4v) is 4.28. The molecule has 1 heterocycles. The summed E-state index contributed by atoms with van der Waals surface area (Å²) in [7, 11) is 3.08. The number of phenols is 1. The smallest absolute Gasteiger partial charge is 0.200 e. The Bertz CT molecular complexity index is 782. The van der Waals surface area contributed by atoms with E-state index in [0.717, 1.165) is 44.5 Å². The number of likely N-dealkylation sites (tertiary alicyclic amines) is 1. The summed E-state index contributed by atoms with van der Waals surface area (Å²) >= 11 is 0. The molecule has 0 saturated carbocycles. The van der Waals surface area contributed by atoms with Gasteiger partial charge in [0.2, 0.25) is 5.75 Å². The van der Waals surface area contributed by atoms with Crippen LogP contribution in [-0.4, -0.2) is 49.0 Å². The number of nitrogens with zero attached hydrogens (tertiary/aromatic N) is 1. The molecule has 0 aromatic heterocycles. The molecule has 1 atom stereocenters. The topological polar surface area (TPSA) is 62.2 Å². The van der Waals surface area contributed by atoms with Gasteiger partial charge in [-0.3, -0.25) is 4.90 Å². The summed E-state index contributed by atoms with van der Waals surface area (Å²) in [6.45, 7) is 4.86. The van der Waals surface area contributed by atoms with Gasteiger partial charge in [0.1, 0.15) is 0 Å². The largest absolute Gasteiger partial charge is 0.502 e. The Hall–Kier alpha value is -2.24. The summed E-state index contributed by atoms with van der Waals surface area (Å²) < 4.78 is 10.6. The number of methoxy groups -OCH3 is 2. The maximum absolute atomic E-state index is 10.3. The second-order valence-electron chi connectivity index (χ2n) is 7.92. The molecule has 0 radical (unpaired) electrons. The van der Waals surface area contributed by atoms with Gasteiger partial charge in [-0.15, -0.1) is 0 Å². The number of benzene rings is 2. The van der Waals surface area contributed by atoms with Crippen LogP contribution in [0.4, 0.5) is 0 Å². The van der Waals surface area contributed by atoms with Gasteiger partial charge < -0.3 is 19.7 Å². The van der Waals surface area contributed by atoms with Gasteiger partial charge in [0.15, 0.2) is 11.5 Å². The third-order valence-electron chi connectivity index (χ3n) is 5.85. The summed E-state index contributed by atoms with van der Waals surface area (Å²) in [4.78, 5) is 2.38. The molecular formula is C23H31NO4. The van der Waals surface area contributed by atoms with Crippen LogP contribution in [0.2, 0.25) is 0 Å². The highest BCUT2D eigenvalue weighted by Crippen LogP contribution is 2.39. The van der Waals surface area contributed by atoms with Crippen LogP contribution in [0.25, 0.3) is 0 Å². The molecule has 3 rings (SSSR count). The zero-order chi connectivity index (χ0) is 20.1. The Kier molecular flexibility index (Phi) is 6.47. The lowest BCUT2D eigenvalue weighted by Gasteiger charge is -2.42. The molecule has 5 nitrogen and oxygen atoms in total. The Balaban J connectivity index is 1.78. The molecule has 1 aliphatic rings. The predicted octanol–water partition coefficient (Wildman–Crippen LogP) is 3.54. The van der Waals surface area contributed by atoms with Crippen LogP contribution in [0.15, 0.2) is 36.4 Å². The first-order valence-electron chi connectivity index (χ1n) is 9.82. The summed E-state index contributed by atoms with van der Waals surface area (Å²) in [6, 6.07) is 12.1. The maximum Gasteiger partial charge on any atom is 0.200 e. The maximum atomic E-state index is 10.3. The van der Waals surface area contributed by atoms with Gasteiger partial charge in [0.25, 0.3) is 0 Å². The molecule has 0 spiro atoms. The van der Waals surface area contributed by atoms with E-state index in [0.29, 0.717) is 11.5 Å². The van der Waals surface area contributed by atoms with Gasteiger partial charge in [-0.25, -0.2) is 0 Å². The van der Waals surface area contributed by atoms with Crippen molar-refractivity contribution in [3.8, 4) is 17.2 Å². The first kappa shape index (κ1) is 20.5. The number of piperidine rings is 1. The van der Waals surface area contributed by atoms with Crippen LogP contribution >= 0.6 is 0 Å².